The van der Waals surface area contributed by atoms with Crippen LogP contribution in [-0.2, 0) is 10.0 Å². The third kappa shape index (κ3) is 3.20. The maximum absolute atomic E-state index is 11.8. The van der Waals surface area contributed by atoms with Gasteiger partial charge in [0.25, 0.3) is 5.91 Å². The summed E-state index contributed by atoms with van der Waals surface area (Å²) in [6.45, 7) is 4.55. The molecule has 0 aliphatic heterocycles. The Morgan fingerprint density at radius 1 is 1.29 bits per heavy atom. The second-order valence-corrected chi connectivity index (χ2v) is 7.11. The van der Waals surface area contributed by atoms with E-state index in [9.17, 15) is 13.2 Å². The van der Waals surface area contributed by atoms with Gasteiger partial charge in [-0.1, -0.05) is 6.07 Å². The molecule has 1 aromatic rings. The minimum absolute atomic E-state index is 0.220. The van der Waals surface area contributed by atoms with Gasteiger partial charge in [-0.2, -0.15) is 0 Å². The van der Waals surface area contributed by atoms with Crippen molar-refractivity contribution in [3.63, 3.8) is 0 Å². The molecule has 0 fully saturated rings. The molecule has 0 heterocycles. The van der Waals surface area contributed by atoms with E-state index in [4.69, 9.17) is 5.73 Å². The first-order valence-corrected chi connectivity index (χ1v) is 6.54. The van der Waals surface area contributed by atoms with Crippen molar-refractivity contribution in [3.8, 4) is 0 Å². The number of rotatable bonds is 2. The molecule has 0 aliphatic carbocycles. The van der Waals surface area contributed by atoms with Gasteiger partial charge in [0.2, 0.25) is 10.0 Å². The quantitative estimate of drug-likeness (QED) is 0.776. The van der Waals surface area contributed by atoms with Gasteiger partial charge >= 0.3 is 0 Å². The summed E-state index contributed by atoms with van der Waals surface area (Å²) >= 11 is 0. The third-order valence-corrected chi connectivity index (χ3v) is 4.25. The fourth-order valence-corrected chi connectivity index (χ4v) is 1.68. The fraction of sp³-hybridized carbons (Fsp3) is 0.364. The Morgan fingerprint density at radius 2 is 1.88 bits per heavy atom. The maximum Gasteiger partial charge on any atom is 0.264 e. The average molecular weight is 256 g/mol. The average Bonchev–Trinajstić information content (AvgIpc) is 2.15. The Bertz CT molecular complexity index is 530. The Labute approximate surface area is 101 Å². The Kier molecular flexibility index (Phi) is 3.47. The minimum Gasteiger partial charge on any atom is -0.399 e. The highest BCUT2D eigenvalue weighted by molar-refractivity contribution is 7.91. The van der Waals surface area contributed by atoms with Gasteiger partial charge in [-0.15, -0.1) is 0 Å². The second-order valence-electron chi connectivity index (χ2n) is 4.67. The topological polar surface area (TPSA) is 89.3 Å². The number of nitrogen functional groups attached to an aromatic ring is 1. The van der Waals surface area contributed by atoms with E-state index in [1.807, 2.05) is 4.72 Å². The van der Waals surface area contributed by atoms with Crippen molar-refractivity contribution in [2.24, 2.45) is 0 Å². The summed E-state index contributed by atoms with van der Waals surface area (Å²) in [7, 11) is -3.70. The number of hydrogen-bond acceptors (Lipinski definition) is 4. The Hall–Kier alpha value is -1.56. The standard InChI is InChI=1S/C11H16N2O3S/c1-11(2,3)17(15,16)13-10(14)8-5-4-6-9(12)7-8/h4-7H,12H2,1-3H3,(H,13,14). The number of nitrogens with two attached hydrogens (primary N) is 1. The van der Waals surface area contributed by atoms with Crippen LogP contribution in [0, 0.1) is 0 Å². The van der Waals surface area contributed by atoms with Gasteiger partial charge in [-0.05, 0) is 39.0 Å². The number of sulfonamides is 1. The lowest BCUT2D eigenvalue weighted by Gasteiger charge is -2.19. The lowest BCUT2D eigenvalue weighted by molar-refractivity contribution is 0.0980. The van der Waals surface area contributed by atoms with Crippen LogP contribution in [0.15, 0.2) is 24.3 Å². The summed E-state index contributed by atoms with van der Waals surface area (Å²) in [6.07, 6.45) is 0. The van der Waals surface area contributed by atoms with Crippen molar-refractivity contribution in [1.29, 1.82) is 0 Å². The van der Waals surface area contributed by atoms with Crippen LogP contribution in [0.2, 0.25) is 0 Å². The lowest BCUT2D eigenvalue weighted by atomic mass is 10.2. The highest BCUT2D eigenvalue weighted by atomic mass is 32.2. The first kappa shape index (κ1) is 13.5. The minimum atomic E-state index is -3.70. The molecule has 3 N–H and O–H groups in total. The van der Waals surface area contributed by atoms with Gasteiger partial charge < -0.3 is 5.73 Å². The predicted octanol–water partition coefficient (Wildman–Crippen LogP) is 1.13. The van der Waals surface area contributed by atoms with Crippen LogP contribution in [0.25, 0.3) is 0 Å². The summed E-state index contributed by atoms with van der Waals surface area (Å²) in [5.74, 6) is -0.674. The van der Waals surface area contributed by atoms with Gasteiger partial charge in [-0.3, -0.25) is 4.79 Å². The van der Waals surface area contributed by atoms with Gasteiger partial charge in [0.15, 0.2) is 0 Å². The van der Waals surface area contributed by atoms with E-state index >= 15 is 0 Å². The van der Waals surface area contributed by atoms with Crippen molar-refractivity contribution in [1.82, 2.24) is 4.72 Å². The molecule has 0 aromatic heterocycles. The van der Waals surface area contributed by atoms with E-state index in [1.165, 1.54) is 32.9 Å². The summed E-state index contributed by atoms with van der Waals surface area (Å²) < 4.78 is 24.5. The van der Waals surface area contributed by atoms with Gasteiger partial charge in [-0.25, -0.2) is 13.1 Å². The van der Waals surface area contributed by atoms with Crippen LogP contribution < -0.4 is 10.5 Å². The third-order valence-electron chi connectivity index (χ3n) is 2.18. The Balaban J connectivity index is 2.96. The monoisotopic (exact) mass is 256 g/mol. The molecule has 0 spiro atoms. The maximum atomic E-state index is 11.8. The number of nitrogens with one attached hydrogen (secondary N) is 1. The van der Waals surface area contributed by atoms with E-state index in [0.717, 1.165) is 0 Å². The molecule has 1 rings (SSSR count). The highest BCUT2D eigenvalue weighted by Gasteiger charge is 2.30. The molecule has 94 valence electrons. The molecule has 0 saturated heterocycles. The number of hydrogen-bond donors (Lipinski definition) is 2. The summed E-state index contributed by atoms with van der Waals surface area (Å²) in [4.78, 5) is 11.7. The first-order valence-electron chi connectivity index (χ1n) is 5.06. The molecule has 6 heteroatoms. The molecule has 0 radical (unpaired) electrons. The normalized spacial score (nSPS) is 12.2. The summed E-state index contributed by atoms with van der Waals surface area (Å²) in [5.41, 5.74) is 6.14. The number of carbonyl (C=O) groups excluding carboxylic acids is 1. The first-order chi connectivity index (χ1) is 7.63. The number of amides is 1. The highest BCUT2D eigenvalue weighted by Crippen LogP contribution is 2.14. The van der Waals surface area contributed by atoms with E-state index in [-0.39, 0.29) is 5.56 Å². The molecule has 17 heavy (non-hydrogen) atoms. The smallest absolute Gasteiger partial charge is 0.264 e. The van der Waals surface area contributed by atoms with E-state index in [1.54, 1.807) is 12.1 Å². The van der Waals surface area contributed by atoms with Gasteiger partial charge in [0, 0.05) is 11.3 Å². The number of carbonyl (C=O) groups is 1. The summed E-state index contributed by atoms with van der Waals surface area (Å²) in [6, 6.07) is 6.14. The van der Waals surface area contributed by atoms with Crippen LogP contribution in [0.3, 0.4) is 0 Å². The van der Waals surface area contributed by atoms with Crippen LogP contribution in [-0.4, -0.2) is 19.1 Å². The molecule has 1 amide bonds. The molecule has 0 unspecified atom stereocenters. The van der Waals surface area contributed by atoms with E-state index in [2.05, 4.69) is 0 Å². The van der Waals surface area contributed by atoms with Gasteiger partial charge in [0.1, 0.15) is 0 Å². The molecular formula is C11H16N2O3S. The molecule has 1 aromatic carbocycles. The fourth-order valence-electron chi connectivity index (χ4n) is 1.01. The predicted molar refractivity (Wildman–Crippen MR) is 67.0 cm³/mol. The Morgan fingerprint density at radius 3 is 2.35 bits per heavy atom. The zero-order chi connectivity index (χ0) is 13.3. The lowest BCUT2D eigenvalue weighted by Crippen LogP contribution is -2.42. The van der Waals surface area contributed by atoms with E-state index in [0.29, 0.717) is 5.69 Å². The van der Waals surface area contributed by atoms with E-state index < -0.39 is 20.7 Å². The van der Waals surface area contributed by atoms with Crippen LogP contribution >= 0.6 is 0 Å². The van der Waals surface area contributed by atoms with Crippen LogP contribution in [0.1, 0.15) is 31.1 Å². The number of benzene rings is 1. The van der Waals surface area contributed by atoms with Crippen molar-refractivity contribution in [2.45, 2.75) is 25.5 Å². The van der Waals surface area contributed by atoms with Crippen molar-refractivity contribution < 1.29 is 13.2 Å². The molecule has 0 atom stereocenters. The largest absolute Gasteiger partial charge is 0.399 e. The molecule has 0 bridgehead atoms. The second kappa shape index (κ2) is 4.37. The molecule has 0 saturated carbocycles. The molecular weight excluding hydrogens is 240 g/mol. The van der Waals surface area contributed by atoms with Crippen molar-refractivity contribution in [3.05, 3.63) is 29.8 Å². The SMILES string of the molecule is CC(C)(C)S(=O)(=O)NC(=O)c1cccc(N)c1. The zero-order valence-electron chi connectivity index (χ0n) is 10.0. The van der Waals surface area contributed by atoms with Gasteiger partial charge in [0.05, 0.1) is 4.75 Å². The molecule has 0 aliphatic rings. The van der Waals surface area contributed by atoms with Crippen LogP contribution in [0.5, 0.6) is 0 Å². The summed E-state index contributed by atoms with van der Waals surface area (Å²) in [5, 5.41) is 0. The van der Waals surface area contributed by atoms with Crippen molar-refractivity contribution in [2.75, 3.05) is 5.73 Å². The molecule has 5 nitrogen and oxygen atoms in total. The zero-order valence-corrected chi connectivity index (χ0v) is 10.8. The van der Waals surface area contributed by atoms with Crippen molar-refractivity contribution >= 4 is 21.6 Å². The number of anilines is 1. The van der Waals surface area contributed by atoms with Crippen LogP contribution in [0.4, 0.5) is 5.69 Å².